The number of nitrogens with one attached hydrogen (secondary N) is 1. The van der Waals surface area contributed by atoms with Gasteiger partial charge in [0.15, 0.2) is 0 Å². The fourth-order valence-corrected chi connectivity index (χ4v) is 2.89. The summed E-state index contributed by atoms with van der Waals surface area (Å²) >= 11 is 0. The molecule has 0 radical (unpaired) electrons. The number of rotatable bonds is 5. The van der Waals surface area contributed by atoms with Crippen molar-refractivity contribution in [3.8, 4) is 0 Å². The van der Waals surface area contributed by atoms with Crippen LogP contribution in [0.1, 0.15) is 44.1 Å². The molecule has 0 aromatic carbocycles. The van der Waals surface area contributed by atoms with Crippen molar-refractivity contribution in [3.63, 3.8) is 0 Å². The van der Waals surface area contributed by atoms with Crippen LogP contribution in [0.25, 0.3) is 0 Å². The molecule has 1 aromatic rings. The minimum Gasteiger partial charge on any atom is -0.362 e. The monoisotopic (exact) mass is 275 g/mol. The van der Waals surface area contributed by atoms with Gasteiger partial charge in [0.05, 0.1) is 0 Å². The molecule has 4 nitrogen and oxygen atoms in total. The summed E-state index contributed by atoms with van der Waals surface area (Å²) < 4.78 is 0. The molecule has 0 bridgehead atoms. The van der Waals surface area contributed by atoms with Crippen molar-refractivity contribution in [2.24, 2.45) is 5.92 Å². The molecule has 110 valence electrons. The highest BCUT2D eigenvalue weighted by molar-refractivity contribution is 5.76. The Balaban J connectivity index is 1.83. The smallest absolute Gasteiger partial charge is 0.220 e. The molecule has 20 heavy (non-hydrogen) atoms. The van der Waals surface area contributed by atoms with E-state index in [1.165, 1.54) is 32.1 Å². The van der Waals surface area contributed by atoms with E-state index in [0.717, 1.165) is 11.4 Å². The average molecular weight is 275 g/mol. The summed E-state index contributed by atoms with van der Waals surface area (Å²) in [7, 11) is 3.94. The van der Waals surface area contributed by atoms with Gasteiger partial charge in [0.25, 0.3) is 0 Å². The average Bonchev–Trinajstić information content (AvgIpc) is 2.46. The Hall–Kier alpha value is -1.58. The van der Waals surface area contributed by atoms with Gasteiger partial charge in [0.1, 0.15) is 5.82 Å². The Morgan fingerprint density at radius 2 is 2.10 bits per heavy atom. The van der Waals surface area contributed by atoms with Gasteiger partial charge in [-0.1, -0.05) is 25.3 Å². The molecule has 1 heterocycles. The largest absolute Gasteiger partial charge is 0.362 e. The fourth-order valence-electron chi connectivity index (χ4n) is 2.89. The van der Waals surface area contributed by atoms with Gasteiger partial charge in [0, 0.05) is 38.8 Å². The first kappa shape index (κ1) is 14.8. The molecule has 1 aliphatic rings. The molecule has 1 aromatic heterocycles. The molecule has 0 atom stereocenters. The van der Waals surface area contributed by atoms with E-state index in [1.807, 2.05) is 31.1 Å². The molecule has 0 spiro atoms. The van der Waals surface area contributed by atoms with Crippen LogP contribution < -0.4 is 10.2 Å². The van der Waals surface area contributed by atoms with Gasteiger partial charge in [0.2, 0.25) is 5.91 Å². The molecule has 0 aliphatic heterocycles. The predicted molar refractivity (Wildman–Crippen MR) is 81.6 cm³/mol. The summed E-state index contributed by atoms with van der Waals surface area (Å²) in [4.78, 5) is 18.3. The van der Waals surface area contributed by atoms with Crippen LogP contribution in [0, 0.1) is 5.92 Å². The van der Waals surface area contributed by atoms with Gasteiger partial charge in [-0.05, 0) is 24.8 Å². The summed E-state index contributed by atoms with van der Waals surface area (Å²) in [5.74, 6) is 1.68. The second-order valence-electron chi connectivity index (χ2n) is 5.87. The third-order valence-electron chi connectivity index (χ3n) is 3.97. The van der Waals surface area contributed by atoms with Crippen molar-refractivity contribution in [3.05, 3.63) is 23.9 Å². The minimum atomic E-state index is 0.172. The summed E-state index contributed by atoms with van der Waals surface area (Å²) in [6.45, 7) is 0.562. The second-order valence-corrected chi connectivity index (χ2v) is 5.87. The van der Waals surface area contributed by atoms with Crippen LogP contribution in [0.4, 0.5) is 5.82 Å². The van der Waals surface area contributed by atoms with Crippen molar-refractivity contribution in [1.29, 1.82) is 0 Å². The number of anilines is 1. The molecule has 0 unspecified atom stereocenters. The highest BCUT2D eigenvalue weighted by Crippen LogP contribution is 2.26. The number of pyridine rings is 1. The number of hydrogen-bond acceptors (Lipinski definition) is 3. The Bertz CT molecular complexity index is 439. The molecular weight excluding hydrogens is 250 g/mol. The zero-order chi connectivity index (χ0) is 14.4. The Morgan fingerprint density at radius 3 is 2.80 bits per heavy atom. The first-order valence-corrected chi connectivity index (χ1v) is 7.54. The van der Waals surface area contributed by atoms with Crippen LogP contribution in [0.3, 0.4) is 0 Å². The van der Waals surface area contributed by atoms with Crippen molar-refractivity contribution in [1.82, 2.24) is 10.3 Å². The van der Waals surface area contributed by atoms with Crippen LogP contribution in [0.2, 0.25) is 0 Å². The quantitative estimate of drug-likeness (QED) is 0.898. The van der Waals surface area contributed by atoms with Crippen molar-refractivity contribution in [2.45, 2.75) is 45.1 Å². The standard InChI is InChI=1S/C16H25N3O/c1-19(2)16-14(9-6-10-17-16)12-18-15(20)11-13-7-4-3-5-8-13/h6,9-10,13H,3-5,7-8,11-12H2,1-2H3,(H,18,20). The summed E-state index contributed by atoms with van der Waals surface area (Å²) in [5.41, 5.74) is 1.06. The number of nitrogens with zero attached hydrogens (tertiary/aromatic N) is 2. The molecule has 1 aliphatic carbocycles. The zero-order valence-electron chi connectivity index (χ0n) is 12.6. The van der Waals surface area contributed by atoms with Gasteiger partial charge in [-0.25, -0.2) is 4.98 Å². The van der Waals surface area contributed by atoms with Crippen LogP contribution >= 0.6 is 0 Å². The van der Waals surface area contributed by atoms with Gasteiger partial charge >= 0.3 is 0 Å². The second kappa shape index (κ2) is 7.27. The van der Waals surface area contributed by atoms with E-state index < -0.39 is 0 Å². The highest BCUT2D eigenvalue weighted by atomic mass is 16.1. The minimum absolute atomic E-state index is 0.172. The van der Waals surface area contributed by atoms with Crippen LogP contribution in [0.15, 0.2) is 18.3 Å². The topological polar surface area (TPSA) is 45.2 Å². The zero-order valence-corrected chi connectivity index (χ0v) is 12.6. The van der Waals surface area contributed by atoms with Crippen LogP contribution in [-0.4, -0.2) is 25.0 Å². The van der Waals surface area contributed by atoms with Gasteiger partial charge in [-0.15, -0.1) is 0 Å². The maximum atomic E-state index is 12.0. The fraction of sp³-hybridized carbons (Fsp3) is 0.625. The molecule has 1 amide bonds. The first-order chi connectivity index (χ1) is 9.66. The lowest BCUT2D eigenvalue weighted by molar-refractivity contribution is -0.122. The van der Waals surface area contributed by atoms with Gasteiger partial charge in [-0.3, -0.25) is 4.79 Å². The Morgan fingerprint density at radius 1 is 1.35 bits per heavy atom. The van der Waals surface area contributed by atoms with Crippen molar-refractivity contribution < 1.29 is 4.79 Å². The number of carbonyl (C=O) groups is 1. The van der Waals surface area contributed by atoms with E-state index in [9.17, 15) is 4.79 Å². The Kier molecular flexibility index (Phi) is 5.39. The molecule has 2 rings (SSSR count). The number of amides is 1. The van der Waals surface area contributed by atoms with E-state index >= 15 is 0 Å². The van der Waals surface area contributed by atoms with E-state index in [4.69, 9.17) is 0 Å². The van der Waals surface area contributed by atoms with Crippen LogP contribution in [-0.2, 0) is 11.3 Å². The van der Waals surface area contributed by atoms with E-state index in [-0.39, 0.29) is 5.91 Å². The van der Waals surface area contributed by atoms with E-state index in [0.29, 0.717) is 18.9 Å². The molecule has 4 heteroatoms. The lowest BCUT2D eigenvalue weighted by Gasteiger charge is -2.21. The lowest BCUT2D eigenvalue weighted by Crippen LogP contribution is -2.27. The third-order valence-corrected chi connectivity index (χ3v) is 3.97. The van der Waals surface area contributed by atoms with Crippen molar-refractivity contribution >= 4 is 11.7 Å². The van der Waals surface area contributed by atoms with Crippen molar-refractivity contribution in [2.75, 3.05) is 19.0 Å². The van der Waals surface area contributed by atoms with E-state index in [1.54, 1.807) is 6.20 Å². The normalized spacial score (nSPS) is 15.9. The molecule has 1 saturated carbocycles. The SMILES string of the molecule is CN(C)c1ncccc1CNC(=O)CC1CCCCC1. The summed E-state index contributed by atoms with van der Waals surface area (Å²) in [6, 6.07) is 3.93. The highest BCUT2D eigenvalue weighted by Gasteiger charge is 2.17. The third kappa shape index (κ3) is 4.22. The van der Waals surface area contributed by atoms with Gasteiger partial charge in [-0.2, -0.15) is 0 Å². The predicted octanol–water partition coefficient (Wildman–Crippen LogP) is 2.73. The Labute approximate surface area is 121 Å². The van der Waals surface area contributed by atoms with E-state index in [2.05, 4.69) is 10.3 Å². The molecule has 1 N–H and O–H groups in total. The first-order valence-electron chi connectivity index (χ1n) is 7.54. The maximum absolute atomic E-state index is 12.0. The summed E-state index contributed by atoms with van der Waals surface area (Å²) in [6.07, 6.45) is 8.78. The molecule has 0 saturated heterocycles. The summed E-state index contributed by atoms with van der Waals surface area (Å²) in [5, 5.41) is 3.04. The van der Waals surface area contributed by atoms with Crippen LogP contribution in [0.5, 0.6) is 0 Å². The maximum Gasteiger partial charge on any atom is 0.220 e. The molecule has 1 fully saturated rings. The molecular formula is C16H25N3O. The number of carbonyl (C=O) groups excluding carboxylic acids is 1. The number of aromatic nitrogens is 1. The number of hydrogen-bond donors (Lipinski definition) is 1. The van der Waals surface area contributed by atoms with Gasteiger partial charge < -0.3 is 10.2 Å². The lowest BCUT2D eigenvalue weighted by atomic mass is 9.87.